The van der Waals surface area contributed by atoms with Crippen LogP contribution < -0.4 is 5.32 Å². The largest absolute Gasteiger partial charge is 0.475 e. The molecule has 1 aromatic carbocycles. The average Bonchev–Trinajstić information content (AvgIpc) is 2.81. The summed E-state index contributed by atoms with van der Waals surface area (Å²) in [6.45, 7) is 0. The minimum Gasteiger partial charge on any atom is -0.475 e. The molecule has 0 aliphatic heterocycles. The third kappa shape index (κ3) is 2.56. The van der Waals surface area contributed by atoms with Gasteiger partial charge in [-0.15, -0.1) is 0 Å². The van der Waals surface area contributed by atoms with E-state index in [9.17, 15) is 14.3 Å². The number of rotatable bonds is 3. The third-order valence-corrected chi connectivity index (χ3v) is 3.55. The highest BCUT2D eigenvalue weighted by Gasteiger charge is 2.21. The van der Waals surface area contributed by atoms with E-state index < -0.39 is 11.8 Å². The Kier molecular flexibility index (Phi) is 3.50. The summed E-state index contributed by atoms with van der Waals surface area (Å²) < 4.78 is 19.9. The van der Waals surface area contributed by atoms with Crippen molar-refractivity contribution >= 4 is 50.9 Å². The molecule has 0 aliphatic rings. The molecule has 0 fully saturated rings. The van der Waals surface area contributed by atoms with Gasteiger partial charge in [0.25, 0.3) is 0 Å². The summed E-state index contributed by atoms with van der Waals surface area (Å²) in [4.78, 5) is 15.1. The van der Waals surface area contributed by atoms with Gasteiger partial charge in [0.1, 0.15) is 11.5 Å². The maximum Gasteiger partial charge on any atom is 0.374 e. The maximum absolute atomic E-state index is 13.9. The van der Waals surface area contributed by atoms with Gasteiger partial charge >= 0.3 is 5.97 Å². The second-order valence-electron chi connectivity index (χ2n) is 4.23. The summed E-state index contributed by atoms with van der Waals surface area (Å²) in [6.07, 6.45) is 2.93. The topological polar surface area (TPSA) is 75.4 Å². The van der Waals surface area contributed by atoms with Crippen LogP contribution in [0.1, 0.15) is 10.6 Å². The number of furan rings is 1. The van der Waals surface area contributed by atoms with Crippen molar-refractivity contribution in [3.63, 3.8) is 0 Å². The quantitative estimate of drug-likeness (QED) is 0.653. The van der Waals surface area contributed by atoms with Gasteiger partial charge in [0, 0.05) is 15.2 Å². The van der Waals surface area contributed by atoms with E-state index >= 15 is 0 Å². The molecule has 2 aromatic heterocycles. The second kappa shape index (κ2) is 5.32. The summed E-state index contributed by atoms with van der Waals surface area (Å²) in [5, 5.41) is 12.5. The molecule has 5 nitrogen and oxygen atoms in total. The molecule has 106 valence electrons. The van der Waals surface area contributed by atoms with Crippen molar-refractivity contribution < 1.29 is 18.7 Å². The van der Waals surface area contributed by atoms with E-state index in [2.05, 4.69) is 10.3 Å². The summed E-state index contributed by atoms with van der Waals surface area (Å²) in [5.74, 6) is -1.99. The van der Waals surface area contributed by atoms with Crippen molar-refractivity contribution in [2.24, 2.45) is 0 Å². The molecule has 0 unspecified atom stereocenters. The summed E-state index contributed by atoms with van der Waals surface area (Å²) >= 11 is 1.99. The molecule has 0 amide bonds. The number of hydrogen-bond acceptors (Lipinski definition) is 4. The lowest BCUT2D eigenvalue weighted by molar-refractivity contribution is 0.0666. The van der Waals surface area contributed by atoms with Gasteiger partial charge in [-0.2, -0.15) is 0 Å². The van der Waals surface area contributed by atoms with Crippen LogP contribution in [0.2, 0.25) is 0 Å². The Balaban J connectivity index is 2.14. The molecular weight excluding hydrogens is 390 g/mol. The van der Waals surface area contributed by atoms with Gasteiger partial charge in [-0.3, -0.25) is 4.98 Å². The van der Waals surface area contributed by atoms with E-state index in [1.807, 2.05) is 22.6 Å². The zero-order valence-electron chi connectivity index (χ0n) is 10.4. The number of anilines is 2. The van der Waals surface area contributed by atoms with E-state index in [0.717, 1.165) is 3.57 Å². The van der Waals surface area contributed by atoms with E-state index in [1.54, 1.807) is 18.2 Å². The highest BCUT2D eigenvalue weighted by atomic mass is 127. The maximum atomic E-state index is 13.9. The number of hydrogen-bond donors (Lipinski definition) is 2. The lowest BCUT2D eigenvalue weighted by Crippen LogP contribution is -2.01. The molecule has 0 bridgehead atoms. The number of fused-ring (bicyclic) bond motifs is 1. The van der Waals surface area contributed by atoms with Crippen LogP contribution in [-0.2, 0) is 0 Å². The molecule has 0 radical (unpaired) electrons. The first-order chi connectivity index (χ1) is 10.1. The molecule has 0 saturated carbocycles. The number of halogens is 2. The highest BCUT2D eigenvalue weighted by molar-refractivity contribution is 14.1. The molecule has 0 saturated heterocycles. The van der Waals surface area contributed by atoms with Crippen LogP contribution in [0.25, 0.3) is 11.0 Å². The summed E-state index contributed by atoms with van der Waals surface area (Å²) in [7, 11) is 0. The molecule has 0 aliphatic carbocycles. The van der Waals surface area contributed by atoms with Gasteiger partial charge in [-0.05, 0) is 46.9 Å². The predicted molar refractivity (Wildman–Crippen MR) is 83.4 cm³/mol. The number of benzene rings is 1. The molecular formula is C14H8FIN2O3. The Morgan fingerprint density at radius 3 is 2.90 bits per heavy atom. The fraction of sp³-hybridized carbons (Fsp3) is 0. The third-order valence-electron chi connectivity index (χ3n) is 2.88. The molecule has 0 atom stereocenters. The fourth-order valence-corrected chi connectivity index (χ4v) is 2.40. The van der Waals surface area contributed by atoms with E-state index in [4.69, 9.17) is 4.42 Å². The van der Waals surface area contributed by atoms with Crippen molar-refractivity contribution in [3.05, 3.63) is 51.8 Å². The van der Waals surface area contributed by atoms with Crippen LogP contribution in [0.15, 0.2) is 41.1 Å². The smallest absolute Gasteiger partial charge is 0.374 e. The van der Waals surface area contributed by atoms with Crippen molar-refractivity contribution in [3.8, 4) is 0 Å². The molecule has 7 heteroatoms. The summed E-state index contributed by atoms with van der Waals surface area (Å²) in [5.41, 5.74) is 0.709. The standard InChI is InChI=1S/C14H8FIN2O3/c15-9-5-7(16)1-2-10(9)18-12-8-3-4-17-6-11(8)21-13(12)14(19)20/h1-6,18H,(H,19,20). The lowest BCUT2D eigenvalue weighted by atomic mass is 10.2. The Morgan fingerprint density at radius 1 is 1.38 bits per heavy atom. The monoisotopic (exact) mass is 398 g/mol. The summed E-state index contributed by atoms with van der Waals surface area (Å²) in [6, 6.07) is 6.23. The number of nitrogens with one attached hydrogen (secondary N) is 1. The second-order valence-corrected chi connectivity index (χ2v) is 5.48. The number of aromatic nitrogens is 1. The predicted octanol–water partition coefficient (Wildman–Crippen LogP) is 4.01. The van der Waals surface area contributed by atoms with Gasteiger partial charge in [0.15, 0.2) is 5.58 Å². The SMILES string of the molecule is O=C(O)c1oc2cnccc2c1Nc1ccc(I)cc1F. The molecule has 3 aromatic rings. The van der Waals surface area contributed by atoms with E-state index in [-0.39, 0.29) is 17.1 Å². The number of aromatic carboxylic acids is 1. The normalized spacial score (nSPS) is 10.8. The number of carbonyl (C=O) groups is 1. The van der Waals surface area contributed by atoms with Crippen molar-refractivity contribution in [2.45, 2.75) is 0 Å². The fourth-order valence-electron chi connectivity index (χ4n) is 1.95. The van der Waals surface area contributed by atoms with Gasteiger partial charge in [-0.25, -0.2) is 9.18 Å². The first kappa shape index (κ1) is 13.8. The Labute approximate surface area is 131 Å². The van der Waals surface area contributed by atoms with Crippen LogP contribution >= 0.6 is 22.6 Å². The lowest BCUT2D eigenvalue weighted by Gasteiger charge is -2.07. The Hall–Kier alpha value is -2.16. The van der Waals surface area contributed by atoms with E-state index in [0.29, 0.717) is 11.0 Å². The zero-order valence-corrected chi connectivity index (χ0v) is 12.6. The Bertz CT molecular complexity index is 847. The molecule has 0 spiro atoms. The van der Waals surface area contributed by atoms with Crippen LogP contribution in [0.4, 0.5) is 15.8 Å². The molecule has 3 rings (SSSR count). The van der Waals surface area contributed by atoms with Gasteiger partial charge in [0.05, 0.1) is 11.9 Å². The number of nitrogens with zero attached hydrogens (tertiary/aromatic N) is 1. The van der Waals surface area contributed by atoms with Gasteiger partial charge in [-0.1, -0.05) is 0 Å². The first-order valence-electron chi connectivity index (χ1n) is 5.88. The Morgan fingerprint density at radius 2 is 2.19 bits per heavy atom. The molecule has 21 heavy (non-hydrogen) atoms. The average molecular weight is 398 g/mol. The minimum absolute atomic E-state index is 0.178. The minimum atomic E-state index is -1.24. The van der Waals surface area contributed by atoms with Gasteiger partial charge < -0.3 is 14.8 Å². The van der Waals surface area contributed by atoms with Crippen LogP contribution in [0.3, 0.4) is 0 Å². The van der Waals surface area contributed by atoms with E-state index in [1.165, 1.54) is 18.5 Å². The highest BCUT2D eigenvalue weighted by Crippen LogP contribution is 2.33. The van der Waals surface area contributed by atoms with Crippen LogP contribution in [0, 0.1) is 9.39 Å². The van der Waals surface area contributed by atoms with Crippen molar-refractivity contribution in [1.29, 1.82) is 0 Å². The zero-order chi connectivity index (χ0) is 15.0. The van der Waals surface area contributed by atoms with Crippen molar-refractivity contribution in [1.82, 2.24) is 4.98 Å². The van der Waals surface area contributed by atoms with Crippen LogP contribution in [0.5, 0.6) is 0 Å². The van der Waals surface area contributed by atoms with Gasteiger partial charge in [0.2, 0.25) is 5.76 Å². The first-order valence-corrected chi connectivity index (χ1v) is 6.96. The molecule has 2 heterocycles. The number of carboxylic acid groups (broad SMARTS) is 1. The van der Waals surface area contributed by atoms with Crippen molar-refractivity contribution in [2.75, 3.05) is 5.32 Å². The number of carboxylic acids is 1. The van der Waals surface area contributed by atoms with Crippen LogP contribution in [-0.4, -0.2) is 16.1 Å². The number of pyridine rings is 1. The molecule has 2 N–H and O–H groups in total.